The number of thiophene rings is 1. The Hall–Kier alpha value is -1.28. The number of nitrogens with zero attached hydrogens (tertiary/aromatic N) is 1. The van der Waals surface area contributed by atoms with Gasteiger partial charge in [0.15, 0.2) is 0 Å². The fourth-order valence-electron chi connectivity index (χ4n) is 2.00. The Kier molecular flexibility index (Phi) is 4.77. The lowest BCUT2D eigenvalue weighted by atomic mass is 10.2. The smallest absolute Gasteiger partial charge is 0.244 e. The van der Waals surface area contributed by atoms with Crippen LogP contribution in [0.5, 0.6) is 0 Å². The molecule has 0 saturated heterocycles. The monoisotopic (exact) mass is 328 g/mol. The van der Waals surface area contributed by atoms with Gasteiger partial charge in [-0.15, -0.1) is 11.3 Å². The Labute approximate surface area is 128 Å². The van der Waals surface area contributed by atoms with Crippen molar-refractivity contribution in [3.8, 4) is 0 Å². The molecule has 7 heteroatoms. The maximum Gasteiger partial charge on any atom is 0.244 e. The molecule has 2 aromatic rings. The Bertz CT molecular complexity index is 741. The van der Waals surface area contributed by atoms with E-state index in [-0.39, 0.29) is 11.4 Å². The van der Waals surface area contributed by atoms with E-state index >= 15 is 0 Å². The first kappa shape index (κ1) is 16.1. The highest BCUT2D eigenvalue weighted by Crippen LogP contribution is 2.28. The zero-order valence-electron chi connectivity index (χ0n) is 11.8. The van der Waals surface area contributed by atoms with Gasteiger partial charge < -0.3 is 5.73 Å². The number of benzene rings is 1. The van der Waals surface area contributed by atoms with Crippen LogP contribution in [0.1, 0.15) is 15.3 Å². The van der Waals surface area contributed by atoms with Crippen LogP contribution in [0.3, 0.4) is 0 Å². The number of aryl methyl sites for hydroxylation is 1. The molecule has 0 amide bonds. The minimum atomic E-state index is -3.65. The van der Waals surface area contributed by atoms with Gasteiger partial charge in [-0.2, -0.15) is 4.31 Å². The van der Waals surface area contributed by atoms with Gasteiger partial charge in [0, 0.05) is 35.5 Å². The summed E-state index contributed by atoms with van der Waals surface area (Å²) in [5.74, 6) is -0.413. The Morgan fingerprint density at radius 1 is 1.33 bits per heavy atom. The van der Waals surface area contributed by atoms with Crippen LogP contribution in [0.15, 0.2) is 35.2 Å². The molecule has 0 radical (unpaired) electrons. The molecule has 114 valence electrons. The quantitative estimate of drug-likeness (QED) is 0.917. The van der Waals surface area contributed by atoms with Crippen LogP contribution < -0.4 is 5.73 Å². The van der Waals surface area contributed by atoms with Crippen LogP contribution in [0.2, 0.25) is 0 Å². The van der Waals surface area contributed by atoms with E-state index in [2.05, 4.69) is 0 Å². The van der Waals surface area contributed by atoms with Crippen molar-refractivity contribution in [1.29, 1.82) is 0 Å². The molecule has 1 aromatic heterocycles. The van der Waals surface area contributed by atoms with Gasteiger partial charge in [0.2, 0.25) is 10.0 Å². The van der Waals surface area contributed by atoms with E-state index in [1.807, 2.05) is 0 Å². The van der Waals surface area contributed by atoms with Crippen LogP contribution in [0.25, 0.3) is 0 Å². The van der Waals surface area contributed by atoms with E-state index < -0.39 is 15.8 Å². The third kappa shape index (κ3) is 3.32. The summed E-state index contributed by atoms with van der Waals surface area (Å²) in [5.41, 5.74) is 5.89. The highest BCUT2D eigenvalue weighted by atomic mass is 32.2. The first-order valence-corrected chi connectivity index (χ1v) is 8.61. The minimum Gasteiger partial charge on any atom is -0.326 e. The molecule has 0 aliphatic rings. The predicted octanol–water partition coefficient (Wildman–Crippen LogP) is 2.48. The van der Waals surface area contributed by atoms with Gasteiger partial charge in [0.25, 0.3) is 0 Å². The highest BCUT2D eigenvalue weighted by Gasteiger charge is 2.25. The lowest BCUT2D eigenvalue weighted by Gasteiger charge is -2.17. The molecular weight excluding hydrogens is 311 g/mol. The molecule has 0 fully saturated rings. The summed E-state index contributed by atoms with van der Waals surface area (Å²) in [7, 11) is -2.21. The predicted molar refractivity (Wildman–Crippen MR) is 82.0 cm³/mol. The SMILES string of the molecule is Cc1sc(CN)cc1S(=O)(=O)N(C)Cc1ccccc1F. The maximum absolute atomic E-state index is 13.6. The van der Waals surface area contributed by atoms with Crippen LogP contribution >= 0.6 is 11.3 Å². The van der Waals surface area contributed by atoms with E-state index in [4.69, 9.17) is 5.73 Å². The van der Waals surface area contributed by atoms with Gasteiger partial charge in [-0.3, -0.25) is 0 Å². The average molecular weight is 328 g/mol. The van der Waals surface area contributed by atoms with Crippen molar-refractivity contribution >= 4 is 21.4 Å². The second-order valence-electron chi connectivity index (χ2n) is 4.69. The molecular formula is C14H17FN2O2S2. The topological polar surface area (TPSA) is 63.4 Å². The van der Waals surface area contributed by atoms with E-state index in [0.29, 0.717) is 17.0 Å². The molecule has 4 nitrogen and oxygen atoms in total. The van der Waals surface area contributed by atoms with Crippen molar-refractivity contribution in [2.45, 2.75) is 24.9 Å². The van der Waals surface area contributed by atoms with Crippen LogP contribution in [0, 0.1) is 12.7 Å². The van der Waals surface area contributed by atoms with Crippen molar-refractivity contribution < 1.29 is 12.8 Å². The molecule has 0 aliphatic heterocycles. The second kappa shape index (κ2) is 6.23. The van der Waals surface area contributed by atoms with Gasteiger partial charge in [-0.05, 0) is 19.1 Å². The zero-order chi connectivity index (χ0) is 15.6. The van der Waals surface area contributed by atoms with Gasteiger partial charge in [-0.25, -0.2) is 12.8 Å². The molecule has 0 spiro atoms. The lowest BCUT2D eigenvalue weighted by molar-refractivity contribution is 0.456. The summed E-state index contributed by atoms with van der Waals surface area (Å²) in [6, 6.07) is 7.74. The molecule has 2 N–H and O–H groups in total. The van der Waals surface area contributed by atoms with Gasteiger partial charge in [0.05, 0.1) is 4.90 Å². The van der Waals surface area contributed by atoms with Crippen molar-refractivity contribution in [3.63, 3.8) is 0 Å². The lowest BCUT2D eigenvalue weighted by Crippen LogP contribution is -2.27. The maximum atomic E-state index is 13.6. The molecule has 0 atom stereocenters. The number of nitrogens with two attached hydrogens (primary N) is 1. The first-order valence-electron chi connectivity index (χ1n) is 6.35. The standard InChI is InChI=1S/C14H17FN2O2S2/c1-10-14(7-12(8-16)20-10)21(18,19)17(2)9-11-5-3-4-6-13(11)15/h3-7H,8-9,16H2,1-2H3. The summed E-state index contributed by atoms with van der Waals surface area (Å²) in [6.07, 6.45) is 0. The average Bonchev–Trinajstić information content (AvgIpc) is 2.83. The number of rotatable bonds is 5. The summed E-state index contributed by atoms with van der Waals surface area (Å²) >= 11 is 1.36. The molecule has 1 heterocycles. The molecule has 0 saturated carbocycles. The van der Waals surface area contributed by atoms with Crippen LogP contribution in [-0.4, -0.2) is 19.8 Å². The number of hydrogen-bond donors (Lipinski definition) is 1. The fourth-order valence-corrected chi connectivity index (χ4v) is 4.63. The summed E-state index contributed by atoms with van der Waals surface area (Å²) in [6.45, 7) is 2.04. The third-order valence-corrected chi connectivity index (χ3v) is 6.30. The Morgan fingerprint density at radius 2 is 2.00 bits per heavy atom. The van der Waals surface area contributed by atoms with Crippen LogP contribution in [-0.2, 0) is 23.1 Å². The Balaban J connectivity index is 2.30. The normalized spacial score (nSPS) is 12.0. The van der Waals surface area contributed by atoms with E-state index in [1.165, 1.54) is 24.5 Å². The molecule has 2 rings (SSSR count). The fraction of sp³-hybridized carbons (Fsp3) is 0.286. The van der Waals surface area contributed by atoms with Gasteiger partial charge in [-0.1, -0.05) is 18.2 Å². The van der Waals surface area contributed by atoms with E-state index in [9.17, 15) is 12.8 Å². The van der Waals surface area contributed by atoms with Crippen molar-refractivity contribution in [2.24, 2.45) is 5.73 Å². The third-order valence-electron chi connectivity index (χ3n) is 3.16. The van der Waals surface area contributed by atoms with Gasteiger partial charge >= 0.3 is 0 Å². The molecule has 0 bridgehead atoms. The molecule has 1 aromatic carbocycles. The van der Waals surface area contributed by atoms with Crippen LogP contribution in [0.4, 0.5) is 4.39 Å². The van der Waals surface area contributed by atoms with Crippen molar-refractivity contribution in [2.75, 3.05) is 7.05 Å². The summed E-state index contributed by atoms with van der Waals surface area (Å²) in [5, 5.41) is 0. The van der Waals surface area contributed by atoms with Crippen molar-refractivity contribution in [1.82, 2.24) is 4.31 Å². The van der Waals surface area contributed by atoms with Gasteiger partial charge in [0.1, 0.15) is 5.82 Å². The van der Waals surface area contributed by atoms with E-state index in [1.54, 1.807) is 31.2 Å². The number of hydrogen-bond acceptors (Lipinski definition) is 4. The molecule has 0 unspecified atom stereocenters. The highest BCUT2D eigenvalue weighted by molar-refractivity contribution is 7.89. The number of halogens is 1. The minimum absolute atomic E-state index is 0.0117. The first-order chi connectivity index (χ1) is 9.86. The summed E-state index contributed by atoms with van der Waals surface area (Å²) in [4.78, 5) is 1.74. The molecule has 0 aliphatic carbocycles. The zero-order valence-corrected chi connectivity index (χ0v) is 13.5. The number of sulfonamides is 1. The second-order valence-corrected chi connectivity index (χ2v) is 8.04. The Morgan fingerprint density at radius 3 is 2.57 bits per heavy atom. The largest absolute Gasteiger partial charge is 0.326 e. The van der Waals surface area contributed by atoms with Crippen molar-refractivity contribution in [3.05, 3.63) is 51.5 Å². The molecule has 21 heavy (non-hydrogen) atoms. The van der Waals surface area contributed by atoms with E-state index in [0.717, 1.165) is 9.18 Å². The summed E-state index contributed by atoms with van der Waals surface area (Å²) < 4.78 is 39.9.